The summed E-state index contributed by atoms with van der Waals surface area (Å²) < 4.78 is 32.1. The van der Waals surface area contributed by atoms with E-state index in [1.54, 1.807) is 10.7 Å². The first-order valence-corrected chi connectivity index (χ1v) is 16.0. The van der Waals surface area contributed by atoms with E-state index in [4.69, 9.17) is 0 Å². The highest BCUT2D eigenvalue weighted by Gasteiger charge is 2.49. The van der Waals surface area contributed by atoms with Crippen LogP contribution in [0.25, 0.3) is 0 Å². The first-order chi connectivity index (χ1) is 21.8. The maximum Gasteiger partial charge on any atom is 0.407 e. The molecule has 4 atom stereocenters. The fraction of sp³-hybridized carbons (Fsp3) is 0.471. The number of carbonyl (C=O) groups is 2. The van der Waals surface area contributed by atoms with Gasteiger partial charge in [-0.25, -0.2) is 13.6 Å². The van der Waals surface area contributed by atoms with Gasteiger partial charge in [-0.3, -0.25) is 19.2 Å². The Labute approximate surface area is 260 Å². The van der Waals surface area contributed by atoms with Crippen LogP contribution in [-0.2, 0) is 0 Å². The Morgan fingerprint density at radius 2 is 1.67 bits per heavy atom. The number of amides is 2. The molecule has 3 aromatic rings. The Kier molecular flexibility index (Phi) is 7.89. The molecule has 9 nitrogen and oxygen atoms in total. The van der Waals surface area contributed by atoms with Crippen molar-refractivity contribution >= 4 is 12.0 Å². The van der Waals surface area contributed by atoms with E-state index in [2.05, 4.69) is 10.00 Å². The lowest BCUT2D eigenvalue weighted by atomic mass is 9.79. The van der Waals surface area contributed by atoms with Crippen molar-refractivity contribution in [1.82, 2.24) is 24.5 Å². The SMILES string of the molecule is O=C(O)N1CCC(N2CCCCC2c2c3n(ncc2=O)[C@@H]([C@H](c2ccccc2)c2cccc(F)c2F)[C@H]2CCCN2C3=O)CC1. The van der Waals surface area contributed by atoms with E-state index in [0.717, 1.165) is 37.4 Å². The summed E-state index contributed by atoms with van der Waals surface area (Å²) in [5.74, 6) is -2.79. The fourth-order valence-corrected chi connectivity index (χ4v) is 8.38. The van der Waals surface area contributed by atoms with Gasteiger partial charge in [0, 0.05) is 48.8 Å². The van der Waals surface area contributed by atoms with Crippen LogP contribution in [0, 0.1) is 11.6 Å². The molecule has 0 spiro atoms. The van der Waals surface area contributed by atoms with Crippen molar-refractivity contribution in [3.8, 4) is 0 Å². The van der Waals surface area contributed by atoms with Gasteiger partial charge in [0.25, 0.3) is 5.91 Å². The van der Waals surface area contributed by atoms with Crippen molar-refractivity contribution < 1.29 is 23.5 Å². The van der Waals surface area contributed by atoms with E-state index in [1.165, 1.54) is 17.2 Å². The number of nitrogens with zero attached hydrogens (tertiary/aromatic N) is 5. The molecule has 3 saturated heterocycles. The molecule has 1 aromatic heterocycles. The van der Waals surface area contributed by atoms with E-state index in [9.17, 15) is 23.9 Å². The molecule has 4 aliphatic heterocycles. The largest absolute Gasteiger partial charge is 0.465 e. The van der Waals surface area contributed by atoms with Gasteiger partial charge in [-0.05, 0) is 56.7 Å². The molecule has 5 heterocycles. The molecule has 4 aliphatic rings. The summed E-state index contributed by atoms with van der Waals surface area (Å²) in [6.07, 6.45) is 5.62. The van der Waals surface area contributed by atoms with Gasteiger partial charge in [-0.2, -0.15) is 5.10 Å². The number of hydrogen-bond donors (Lipinski definition) is 1. The molecule has 0 aliphatic carbocycles. The van der Waals surface area contributed by atoms with Gasteiger partial charge in [0.2, 0.25) is 5.43 Å². The van der Waals surface area contributed by atoms with Gasteiger partial charge < -0.3 is 14.9 Å². The normalized spacial score (nSPS) is 24.8. The number of piperidine rings is 2. The highest BCUT2D eigenvalue weighted by atomic mass is 19.2. The van der Waals surface area contributed by atoms with Crippen LogP contribution < -0.4 is 5.43 Å². The number of carbonyl (C=O) groups excluding carboxylic acids is 1. The van der Waals surface area contributed by atoms with Gasteiger partial charge in [-0.15, -0.1) is 0 Å². The summed E-state index contributed by atoms with van der Waals surface area (Å²) >= 11 is 0. The van der Waals surface area contributed by atoms with Crippen LogP contribution in [0.15, 0.2) is 59.5 Å². The molecule has 0 saturated carbocycles. The van der Waals surface area contributed by atoms with Crippen LogP contribution in [0.4, 0.5) is 13.6 Å². The van der Waals surface area contributed by atoms with Gasteiger partial charge in [-0.1, -0.05) is 48.9 Å². The predicted molar refractivity (Wildman–Crippen MR) is 162 cm³/mol. The zero-order valence-electron chi connectivity index (χ0n) is 25.0. The van der Waals surface area contributed by atoms with E-state index in [1.807, 2.05) is 35.2 Å². The first kappa shape index (κ1) is 29.6. The van der Waals surface area contributed by atoms with Crippen LogP contribution in [-0.4, -0.2) is 79.8 Å². The van der Waals surface area contributed by atoms with E-state index in [-0.39, 0.29) is 40.7 Å². The van der Waals surface area contributed by atoms with Crippen LogP contribution >= 0.6 is 0 Å². The van der Waals surface area contributed by atoms with Crippen LogP contribution in [0.1, 0.15) is 90.1 Å². The van der Waals surface area contributed by atoms with E-state index >= 15 is 4.39 Å². The average Bonchev–Trinajstić information content (AvgIpc) is 3.55. The van der Waals surface area contributed by atoms with Crippen LogP contribution in [0.2, 0.25) is 0 Å². The fourth-order valence-electron chi connectivity index (χ4n) is 8.38. The third-order valence-corrected chi connectivity index (χ3v) is 10.4. The summed E-state index contributed by atoms with van der Waals surface area (Å²) in [6, 6.07) is 12.4. The Bertz CT molecular complexity index is 1660. The van der Waals surface area contributed by atoms with Gasteiger partial charge in [0.1, 0.15) is 5.69 Å². The molecular weight excluding hydrogens is 580 g/mol. The number of hydrogen-bond acceptors (Lipinski definition) is 5. The molecule has 1 unspecified atom stereocenters. The van der Waals surface area contributed by atoms with E-state index in [0.29, 0.717) is 50.9 Å². The van der Waals surface area contributed by atoms with Crippen LogP contribution in [0.3, 0.4) is 0 Å². The topological polar surface area (TPSA) is 99.0 Å². The molecule has 0 bridgehead atoms. The third-order valence-electron chi connectivity index (χ3n) is 10.4. The second-order valence-corrected chi connectivity index (χ2v) is 12.7. The van der Waals surface area contributed by atoms with Crippen molar-refractivity contribution in [2.75, 3.05) is 26.2 Å². The zero-order valence-corrected chi connectivity index (χ0v) is 25.0. The van der Waals surface area contributed by atoms with Gasteiger partial charge >= 0.3 is 6.09 Å². The molecule has 1 N–H and O–H groups in total. The minimum atomic E-state index is -0.941. The number of likely N-dealkylation sites (tertiary alicyclic amines) is 2. The van der Waals surface area contributed by atoms with Crippen LogP contribution in [0.5, 0.6) is 0 Å². The number of benzene rings is 2. The predicted octanol–water partition coefficient (Wildman–Crippen LogP) is 5.18. The number of halogens is 2. The monoisotopic (exact) mass is 617 g/mol. The molecule has 3 fully saturated rings. The van der Waals surface area contributed by atoms with Crippen molar-refractivity contribution in [3.63, 3.8) is 0 Å². The third kappa shape index (κ3) is 5.10. The smallest absolute Gasteiger partial charge is 0.407 e. The Hall–Kier alpha value is -4.12. The van der Waals surface area contributed by atoms with Crippen molar-refractivity contribution in [2.24, 2.45) is 0 Å². The number of aromatic nitrogens is 2. The summed E-state index contributed by atoms with van der Waals surface area (Å²) in [5.41, 5.74) is 1.30. The Balaban J connectivity index is 1.38. The quantitative estimate of drug-likeness (QED) is 0.424. The Morgan fingerprint density at radius 1 is 0.889 bits per heavy atom. The lowest BCUT2D eigenvalue weighted by molar-refractivity contribution is 0.0434. The molecule has 0 radical (unpaired) electrons. The number of fused-ring (bicyclic) bond motifs is 2. The van der Waals surface area contributed by atoms with Crippen molar-refractivity contribution in [1.29, 1.82) is 0 Å². The average molecular weight is 618 g/mol. The van der Waals surface area contributed by atoms with Crippen molar-refractivity contribution in [2.45, 2.75) is 75.0 Å². The first-order valence-electron chi connectivity index (χ1n) is 16.0. The highest BCUT2D eigenvalue weighted by molar-refractivity contribution is 5.95. The lowest BCUT2D eigenvalue weighted by Gasteiger charge is -2.46. The molecule has 2 amide bonds. The molecule has 236 valence electrons. The lowest BCUT2D eigenvalue weighted by Crippen LogP contribution is -2.54. The molecule has 45 heavy (non-hydrogen) atoms. The number of rotatable bonds is 5. The van der Waals surface area contributed by atoms with Gasteiger partial charge in [0.15, 0.2) is 11.6 Å². The van der Waals surface area contributed by atoms with Crippen molar-refractivity contribution in [3.05, 3.63) is 99.0 Å². The second kappa shape index (κ2) is 12.0. The molecule has 2 aromatic carbocycles. The minimum Gasteiger partial charge on any atom is -0.465 e. The molecule has 11 heteroatoms. The maximum absolute atomic E-state index is 15.7. The number of carboxylic acid groups (broad SMARTS) is 1. The summed E-state index contributed by atoms with van der Waals surface area (Å²) in [4.78, 5) is 45.3. The summed E-state index contributed by atoms with van der Waals surface area (Å²) in [5, 5.41) is 14.1. The minimum absolute atomic E-state index is 0.0756. The van der Waals surface area contributed by atoms with E-state index < -0.39 is 29.7 Å². The Morgan fingerprint density at radius 3 is 2.42 bits per heavy atom. The second-order valence-electron chi connectivity index (χ2n) is 12.7. The zero-order chi connectivity index (χ0) is 31.2. The van der Waals surface area contributed by atoms with Gasteiger partial charge in [0.05, 0.1) is 18.3 Å². The molecular formula is C34H37F2N5O4. The molecule has 7 rings (SSSR count). The summed E-state index contributed by atoms with van der Waals surface area (Å²) in [7, 11) is 0. The highest BCUT2D eigenvalue weighted by Crippen LogP contribution is 2.47. The standard InChI is InChI=1S/C34H37F2N5O4/c35-24-11-6-10-23(30(24)36)28(21-8-2-1-3-9-21)31-26-13-7-17-40(26)33(43)32-29(27(42)20-37-41(31)32)25-12-4-5-16-39(25)22-14-18-38(19-15-22)34(44)45/h1-3,6,8-11,20,22,25-26,28,31H,4-5,7,12-19H2,(H,44,45)/t25?,26-,28-,31-/m1/s1. The maximum atomic E-state index is 15.7. The summed E-state index contributed by atoms with van der Waals surface area (Å²) in [6.45, 7) is 2.10.